The molecular weight excluding hydrogens is 335 g/mol. The van der Waals surface area contributed by atoms with E-state index < -0.39 is 10.0 Å². The average molecular weight is 343 g/mol. The number of nitrogens with two attached hydrogens (primary N) is 1. The van der Waals surface area contributed by atoms with E-state index in [9.17, 15) is 8.42 Å². The largest absolute Gasteiger partial charge is 0.382 e. The number of nitrogens with zero attached hydrogens (tertiary/aromatic N) is 2. The monoisotopic (exact) mass is 342 g/mol. The Kier molecular flexibility index (Phi) is 4.23. The molecule has 0 unspecified atom stereocenters. The first-order chi connectivity index (χ1) is 9.83. The van der Waals surface area contributed by atoms with Crippen LogP contribution in [0.25, 0.3) is 0 Å². The van der Waals surface area contributed by atoms with Gasteiger partial charge < -0.3 is 5.73 Å². The van der Waals surface area contributed by atoms with Crippen LogP contribution < -0.4 is 10.5 Å². The maximum atomic E-state index is 12.2. The molecule has 1 aromatic carbocycles. The van der Waals surface area contributed by atoms with Gasteiger partial charge in [-0.25, -0.2) is 13.4 Å². The van der Waals surface area contributed by atoms with Crippen LogP contribution in [0.15, 0.2) is 35.4 Å². The third-order valence-electron chi connectivity index (χ3n) is 2.50. The minimum atomic E-state index is -3.88. The van der Waals surface area contributed by atoms with Gasteiger partial charge in [0, 0.05) is 6.20 Å². The zero-order chi connectivity index (χ0) is 15.6. The molecule has 0 aliphatic rings. The molecular formula is C12H8Cl2N4O2S. The molecule has 0 aliphatic carbocycles. The van der Waals surface area contributed by atoms with Crippen LogP contribution in [0.1, 0.15) is 5.56 Å². The number of sulfonamides is 1. The number of halogens is 2. The van der Waals surface area contributed by atoms with Gasteiger partial charge in [0.1, 0.15) is 16.8 Å². The first-order valence-electron chi connectivity index (χ1n) is 5.47. The van der Waals surface area contributed by atoms with Crippen molar-refractivity contribution < 1.29 is 8.42 Å². The molecule has 1 aromatic heterocycles. The fourth-order valence-corrected chi connectivity index (χ4v) is 2.93. The molecule has 108 valence electrons. The molecule has 0 amide bonds. The Morgan fingerprint density at radius 1 is 1.24 bits per heavy atom. The number of rotatable bonds is 3. The lowest BCUT2D eigenvalue weighted by atomic mass is 10.2. The van der Waals surface area contributed by atoms with Crippen molar-refractivity contribution in [2.75, 3.05) is 10.5 Å². The first-order valence-corrected chi connectivity index (χ1v) is 7.71. The molecule has 2 rings (SSSR count). The fraction of sp³-hybridized carbons (Fsp3) is 0. The molecule has 21 heavy (non-hydrogen) atoms. The highest BCUT2D eigenvalue weighted by molar-refractivity contribution is 7.92. The second kappa shape index (κ2) is 5.77. The maximum absolute atomic E-state index is 12.2. The number of nitriles is 1. The number of anilines is 2. The molecule has 0 spiro atoms. The van der Waals surface area contributed by atoms with Crippen molar-refractivity contribution in [3.8, 4) is 6.07 Å². The maximum Gasteiger partial charge on any atom is 0.263 e. The summed E-state index contributed by atoms with van der Waals surface area (Å²) in [5.74, 6) is 0.0389. The minimum Gasteiger partial charge on any atom is -0.382 e. The van der Waals surface area contributed by atoms with E-state index in [1.54, 1.807) is 0 Å². The van der Waals surface area contributed by atoms with Crippen LogP contribution in [-0.4, -0.2) is 13.4 Å². The van der Waals surface area contributed by atoms with Crippen molar-refractivity contribution in [2.24, 2.45) is 0 Å². The van der Waals surface area contributed by atoms with Crippen molar-refractivity contribution in [3.05, 3.63) is 46.1 Å². The van der Waals surface area contributed by atoms with Crippen LogP contribution in [-0.2, 0) is 10.0 Å². The zero-order valence-electron chi connectivity index (χ0n) is 10.3. The van der Waals surface area contributed by atoms with Crippen molar-refractivity contribution in [1.82, 2.24) is 4.98 Å². The molecule has 0 radical (unpaired) electrons. The number of hydrogen-bond acceptors (Lipinski definition) is 5. The highest BCUT2D eigenvalue weighted by Gasteiger charge is 2.17. The van der Waals surface area contributed by atoms with Crippen LogP contribution >= 0.6 is 23.2 Å². The van der Waals surface area contributed by atoms with Crippen LogP contribution in [0, 0.1) is 11.3 Å². The predicted molar refractivity (Wildman–Crippen MR) is 80.6 cm³/mol. The van der Waals surface area contributed by atoms with E-state index in [0.717, 1.165) is 6.20 Å². The van der Waals surface area contributed by atoms with E-state index in [0.29, 0.717) is 0 Å². The van der Waals surface area contributed by atoms with Gasteiger partial charge in [0.2, 0.25) is 0 Å². The van der Waals surface area contributed by atoms with Crippen molar-refractivity contribution in [2.45, 2.75) is 4.90 Å². The molecule has 6 nitrogen and oxygen atoms in total. The van der Waals surface area contributed by atoms with Crippen molar-refractivity contribution >= 4 is 44.7 Å². The van der Waals surface area contributed by atoms with Crippen molar-refractivity contribution in [1.29, 1.82) is 5.26 Å². The topological polar surface area (TPSA) is 109 Å². The van der Waals surface area contributed by atoms with Gasteiger partial charge in [-0.1, -0.05) is 23.2 Å². The van der Waals surface area contributed by atoms with Crippen LogP contribution in [0.3, 0.4) is 0 Å². The summed E-state index contributed by atoms with van der Waals surface area (Å²) < 4.78 is 26.7. The summed E-state index contributed by atoms with van der Waals surface area (Å²) in [5.41, 5.74) is 5.89. The van der Waals surface area contributed by atoms with E-state index in [-0.39, 0.29) is 32.0 Å². The second-order valence-corrected chi connectivity index (χ2v) is 6.45. The Balaban J connectivity index is 2.35. The summed E-state index contributed by atoms with van der Waals surface area (Å²) in [6.07, 6.45) is 1.09. The number of nitrogens with one attached hydrogen (secondary N) is 1. The Labute approximate surface area is 131 Å². The predicted octanol–water partition coefficient (Wildman–Crippen LogP) is 2.64. The standard InChI is InChI=1S/C12H8Cl2N4O2S/c13-10-3-8(2-1-7(10)5-15)18-21(19,20)9-4-11(14)12(16)17-6-9/h1-4,6,18H,(H2,16,17). The highest BCUT2D eigenvalue weighted by atomic mass is 35.5. The molecule has 0 aliphatic heterocycles. The Morgan fingerprint density at radius 2 is 1.95 bits per heavy atom. The smallest absolute Gasteiger partial charge is 0.263 e. The van der Waals surface area contributed by atoms with Crippen LogP contribution in [0.4, 0.5) is 11.5 Å². The fourth-order valence-electron chi connectivity index (χ4n) is 1.46. The molecule has 0 saturated carbocycles. The number of aromatic nitrogens is 1. The lowest BCUT2D eigenvalue weighted by molar-refractivity contribution is 0.601. The quantitative estimate of drug-likeness (QED) is 0.890. The molecule has 2 aromatic rings. The van der Waals surface area contributed by atoms with Crippen molar-refractivity contribution in [3.63, 3.8) is 0 Å². The first kappa shape index (κ1) is 15.4. The van der Waals surface area contributed by atoms with Gasteiger partial charge in [-0.3, -0.25) is 4.72 Å². The van der Waals surface area contributed by atoms with Gasteiger partial charge in [-0.05, 0) is 24.3 Å². The van der Waals surface area contributed by atoms with Crippen LogP contribution in [0.2, 0.25) is 10.0 Å². The summed E-state index contributed by atoms with van der Waals surface area (Å²) in [5, 5.41) is 8.95. The van der Waals surface area contributed by atoms with Gasteiger partial charge >= 0.3 is 0 Å². The Morgan fingerprint density at radius 3 is 2.52 bits per heavy atom. The molecule has 0 saturated heterocycles. The average Bonchev–Trinajstić information content (AvgIpc) is 2.41. The summed E-state index contributed by atoms with van der Waals surface area (Å²) >= 11 is 11.6. The van der Waals surface area contributed by atoms with Gasteiger partial charge in [-0.15, -0.1) is 0 Å². The summed E-state index contributed by atoms with van der Waals surface area (Å²) in [6.45, 7) is 0. The van der Waals surface area contributed by atoms with Gasteiger partial charge in [0.25, 0.3) is 10.0 Å². The third-order valence-corrected chi connectivity index (χ3v) is 4.46. The van der Waals surface area contributed by atoms with Gasteiger partial charge in [0.05, 0.1) is 21.3 Å². The summed E-state index contributed by atoms with van der Waals surface area (Å²) in [7, 11) is -3.88. The normalized spacial score (nSPS) is 10.9. The number of benzene rings is 1. The lowest BCUT2D eigenvalue weighted by Crippen LogP contribution is -2.13. The van der Waals surface area contributed by atoms with Gasteiger partial charge in [0.15, 0.2) is 0 Å². The Hall–Kier alpha value is -2.01. The third kappa shape index (κ3) is 3.36. The number of hydrogen-bond donors (Lipinski definition) is 2. The van der Waals surface area contributed by atoms with E-state index in [1.165, 1.54) is 24.3 Å². The number of pyridine rings is 1. The van der Waals surface area contributed by atoms with E-state index in [1.807, 2.05) is 6.07 Å². The molecule has 9 heteroatoms. The zero-order valence-corrected chi connectivity index (χ0v) is 12.7. The van der Waals surface area contributed by atoms with Crippen LogP contribution in [0.5, 0.6) is 0 Å². The second-order valence-electron chi connectivity index (χ2n) is 3.95. The SMILES string of the molecule is N#Cc1ccc(NS(=O)(=O)c2cnc(N)c(Cl)c2)cc1Cl. The Bertz CT molecular complexity index is 847. The van der Waals surface area contributed by atoms with E-state index in [2.05, 4.69) is 9.71 Å². The molecule has 1 heterocycles. The minimum absolute atomic E-state index is 0.0377. The molecule has 0 bridgehead atoms. The molecule has 0 fully saturated rings. The summed E-state index contributed by atoms with van der Waals surface area (Å²) in [6, 6.07) is 7.25. The van der Waals surface area contributed by atoms with E-state index in [4.69, 9.17) is 34.2 Å². The molecule has 3 N–H and O–H groups in total. The summed E-state index contributed by atoms with van der Waals surface area (Å²) in [4.78, 5) is 3.55. The number of nitrogen functional groups attached to an aromatic ring is 1. The van der Waals surface area contributed by atoms with Gasteiger partial charge in [-0.2, -0.15) is 5.26 Å². The lowest BCUT2D eigenvalue weighted by Gasteiger charge is -2.09. The highest BCUT2D eigenvalue weighted by Crippen LogP contribution is 2.24. The molecule has 0 atom stereocenters. The van der Waals surface area contributed by atoms with E-state index >= 15 is 0 Å².